The molecule has 0 amide bonds. The van der Waals surface area contributed by atoms with Gasteiger partial charge < -0.3 is 10.5 Å². The Morgan fingerprint density at radius 2 is 2.05 bits per heavy atom. The van der Waals surface area contributed by atoms with Crippen molar-refractivity contribution in [2.45, 2.75) is 18.8 Å². The topological polar surface area (TPSA) is 83.0 Å². The van der Waals surface area contributed by atoms with Crippen LogP contribution in [0.3, 0.4) is 0 Å². The summed E-state index contributed by atoms with van der Waals surface area (Å²) in [4.78, 5) is 12.4. The van der Waals surface area contributed by atoms with Crippen LogP contribution in [-0.4, -0.2) is 34.6 Å². The van der Waals surface area contributed by atoms with Gasteiger partial charge in [-0.15, -0.1) is 5.10 Å². The van der Waals surface area contributed by atoms with Gasteiger partial charge in [-0.2, -0.15) is 0 Å². The van der Waals surface area contributed by atoms with E-state index in [-0.39, 0.29) is 12.5 Å². The standard InChI is InChI=1S/C15H20N4O2/c1-11-4-6-12(7-5-11)15(10-16,14(20)21-3)8-13-9-19(2)18-17-13/h4-7,9H,8,10,16H2,1-3H3. The van der Waals surface area contributed by atoms with Crippen molar-refractivity contribution in [1.29, 1.82) is 0 Å². The first-order valence-corrected chi connectivity index (χ1v) is 6.72. The summed E-state index contributed by atoms with van der Waals surface area (Å²) in [5.41, 5.74) is 7.66. The largest absolute Gasteiger partial charge is 0.468 e. The number of ether oxygens (including phenoxy) is 1. The minimum absolute atomic E-state index is 0.138. The molecule has 2 N–H and O–H groups in total. The molecule has 1 heterocycles. The molecule has 0 spiro atoms. The Balaban J connectivity index is 2.47. The SMILES string of the molecule is COC(=O)C(CN)(Cc1cn(C)nn1)c1ccc(C)cc1. The maximum atomic E-state index is 12.4. The minimum atomic E-state index is -0.946. The molecule has 0 saturated heterocycles. The summed E-state index contributed by atoms with van der Waals surface area (Å²) < 4.78 is 6.60. The van der Waals surface area contributed by atoms with E-state index >= 15 is 0 Å². The first kappa shape index (κ1) is 15.2. The number of nitrogens with zero attached hydrogens (tertiary/aromatic N) is 3. The number of methoxy groups -OCH3 is 1. The van der Waals surface area contributed by atoms with Gasteiger partial charge in [-0.3, -0.25) is 9.48 Å². The van der Waals surface area contributed by atoms with E-state index in [1.165, 1.54) is 7.11 Å². The van der Waals surface area contributed by atoms with Gasteiger partial charge in [0.1, 0.15) is 5.41 Å². The van der Waals surface area contributed by atoms with Crippen molar-refractivity contribution in [3.63, 3.8) is 0 Å². The molecule has 1 aromatic heterocycles. The maximum Gasteiger partial charge on any atom is 0.317 e. The molecule has 0 aliphatic rings. The number of carbonyl (C=O) groups excluding carboxylic acids is 1. The predicted molar refractivity (Wildman–Crippen MR) is 78.6 cm³/mol. The van der Waals surface area contributed by atoms with E-state index in [1.807, 2.05) is 31.2 Å². The maximum absolute atomic E-state index is 12.4. The second-order valence-corrected chi connectivity index (χ2v) is 5.20. The van der Waals surface area contributed by atoms with Crippen molar-refractivity contribution in [3.05, 3.63) is 47.3 Å². The Hall–Kier alpha value is -2.21. The summed E-state index contributed by atoms with van der Waals surface area (Å²) in [6.07, 6.45) is 2.13. The molecule has 0 saturated carbocycles. The number of aromatic nitrogens is 3. The van der Waals surface area contributed by atoms with Crippen molar-refractivity contribution in [1.82, 2.24) is 15.0 Å². The van der Waals surface area contributed by atoms with Crippen molar-refractivity contribution in [3.8, 4) is 0 Å². The minimum Gasteiger partial charge on any atom is -0.468 e. The fourth-order valence-corrected chi connectivity index (χ4v) is 2.42. The van der Waals surface area contributed by atoms with Gasteiger partial charge in [-0.1, -0.05) is 35.0 Å². The molecule has 1 aromatic carbocycles. The second-order valence-electron chi connectivity index (χ2n) is 5.20. The fraction of sp³-hybridized carbons (Fsp3) is 0.400. The first-order valence-electron chi connectivity index (χ1n) is 6.72. The Morgan fingerprint density at radius 3 is 2.52 bits per heavy atom. The van der Waals surface area contributed by atoms with Crippen LogP contribution in [0, 0.1) is 6.92 Å². The molecule has 21 heavy (non-hydrogen) atoms. The molecule has 2 aromatic rings. The number of nitrogens with two attached hydrogens (primary N) is 1. The van der Waals surface area contributed by atoms with E-state index in [1.54, 1.807) is 17.9 Å². The fourth-order valence-electron chi connectivity index (χ4n) is 2.42. The van der Waals surface area contributed by atoms with Crippen LogP contribution in [0.1, 0.15) is 16.8 Å². The highest BCUT2D eigenvalue weighted by Gasteiger charge is 2.41. The lowest BCUT2D eigenvalue weighted by Crippen LogP contribution is -2.45. The van der Waals surface area contributed by atoms with Crippen LogP contribution in [0.15, 0.2) is 30.5 Å². The summed E-state index contributed by atoms with van der Waals surface area (Å²) in [5, 5.41) is 7.96. The van der Waals surface area contributed by atoms with Crippen LogP contribution in [0.2, 0.25) is 0 Å². The summed E-state index contributed by atoms with van der Waals surface area (Å²) in [6.45, 7) is 2.13. The summed E-state index contributed by atoms with van der Waals surface area (Å²) in [5.74, 6) is -0.362. The molecule has 0 aliphatic carbocycles. The van der Waals surface area contributed by atoms with E-state index in [9.17, 15) is 4.79 Å². The molecule has 0 fully saturated rings. The molecule has 1 atom stereocenters. The molecular formula is C15H20N4O2. The van der Waals surface area contributed by atoms with Crippen molar-refractivity contribution < 1.29 is 9.53 Å². The van der Waals surface area contributed by atoms with Crippen LogP contribution in [0.5, 0.6) is 0 Å². The Labute approximate surface area is 123 Å². The van der Waals surface area contributed by atoms with Gasteiger partial charge in [0.25, 0.3) is 0 Å². The zero-order valence-electron chi connectivity index (χ0n) is 12.5. The van der Waals surface area contributed by atoms with Gasteiger partial charge in [0.15, 0.2) is 0 Å². The van der Waals surface area contributed by atoms with E-state index in [2.05, 4.69) is 10.3 Å². The van der Waals surface area contributed by atoms with Gasteiger partial charge in [0.2, 0.25) is 0 Å². The number of aryl methyl sites for hydroxylation is 2. The molecule has 0 radical (unpaired) electrons. The van der Waals surface area contributed by atoms with E-state index < -0.39 is 5.41 Å². The van der Waals surface area contributed by atoms with Crippen LogP contribution in [0.4, 0.5) is 0 Å². The number of rotatable bonds is 5. The zero-order chi connectivity index (χ0) is 15.5. The molecule has 0 aliphatic heterocycles. The predicted octanol–water partition coefficient (Wildman–Crippen LogP) is 0.736. The summed E-state index contributed by atoms with van der Waals surface area (Å²) in [7, 11) is 3.16. The number of hydrogen-bond donors (Lipinski definition) is 1. The summed E-state index contributed by atoms with van der Waals surface area (Å²) in [6, 6.07) is 7.74. The van der Waals surface area contributed by atoms with E-state index in [4.69, 9.17) is 10.5 Å². The molecule has 112 valence electrons. The second kappa shape index (κ2) is 6.05. The number of esters is 1. The summed E-state index contributed by atoms with van der Waals surface area (Å²) >= 11 is 0. The van der Waals surface area contributed by atoms with Gasteiger partial charge >= 0.3 is 5.97 Å². The molecule has 6 nitrogen and oxygen atoms in total. The third-order valence-corrected chi connectivity index (χ3v) is 3.66. The number of hydrogen-bond acceptors (Lipinski definition) is 5. The molecule has 1 unspecified atom stereocenters. The van der Waals surface area contributed by atoms with Crippen molar-refractivity contribution >= 4 is 5.97 Å². The van der Waals surface area contributed by atoms with Gasteiger partial charge in [-0.05, 0) is 12.5 Å². The van der Waals surface area contributed by atoms with E-state index in [0.29, 0.717) is 12.1 Å². The lowest BCUT2D eigenvalue weighted by atomic mass is 9.76. The Morgan fingerprint density at radius 1 is 1.38 bits per heavy atom. The van der Waals surface area contributed by atoms with Crippen LogP contribution >= 0.6 is 0 Å². The third kappa shape index (κ3) is 2.95. The monoisotopic (exact) mass is 288 g/mol. The first-order chi connectivity index (χ1) is 10.0. The highest BCUT2D eigenvalue weighted by molar-refractivity contribution is 5.84. The molecule has 0 bridgehead atoms. The third-order valence-electron chi connectivity index (χ3n) is 3.66. The number of benzene rings is 1. The van der Waals surface area contributed by atoms with Crippen molar-refractivity contribution in [2.75, 3.05) is 13.7 Å². The zero-order valence-corrected chi connectivity index (χ0v) is 12.5. The highest BCUT2D eigenvalue weighted by Crippen LogP contribution is 2.29. The Kier molecular flexibility index (Phi) is 4.37. The average molecular weight is 288 g/mol. The average Bonchev–Trinajstić information content (AvgIpc) is 2.90. The van der Waals surface area contributed by atoms with Crippen molar-refractivity contribution in [2.24, 2.45) is 12.8 Å². The van der Waals surface area contributed by atoms with Crippen LogP contribution in [-0.2, 0) is 28.4 Å². The van der Waals surface area contributed by atoms with E-state index in [0.717, 1.165) is 11.1 Å². The molecule has 2 rings (SSSR count). The molecular weight excluding hydrogens is 268 g/mol. The number of carbonyl (C=O) groups is 1. The van der Waals surface area contributed by atoms with Gasteiger partial charge in [0, 0.05) is 26.2 Å². The van der Waals surface area contributed by atoms with Gasteiger partial charge in [0.05, 0.1) is 12.8 Å². The Bertz CT molecular complexity index is 621. The van der Waals surface area contributed by atoms with Crippen LogP contribution in [0.25, 0.3) is 0 Å². The molecule has 6 heteroatoms. The smallest absolute Gasteiger partial charge is 0.317 e. The normalized spacial score (nSPS) is 13.7. The lowest BCUT2D eigenvalue weighted by Gasteiger charge is -2.29. The lowest BCUT2D eigenvalue weighted by molar-refractivity contribution is -0.147. The quantitative estimate of drug-likeness (QED) is 0.820. The highest BCUT2D eigenvalue weighted by atomic mass is 16.5. The van der Waals surface area contributed by atoms with Crippen LogP contribution < -0.4 is 5.73 Å². The van der Waals surface area contributed by atoms with Gasteiger partial charge in [-0.25, -0.2) is 0 Å².